The second kappa shape index (κ2) is 6.70. The number of hydrogen-bond acceptors (Lipinski definition) is 3. The summed E-state index contributed by atoms with van der Waals surface area (Å²) in [6, 6.07) is 0.143. The summed E-state index contributed by atoms with van der Waals surface area (Å²) in [6.07, 6.45) is 7.16. The zero-order chi connectivity index (χ0) is 14.7. The van der Waals surface area contributed by atoms with Crippen molar-refractivity contribution < 1.29 is 9.59 Å². The highest BCUT2D eigenvalue weighted by atomic mass is 16.2. The Morgan fingerprint density at radius 1 is 1.25 bits per heavy atom. The molecule has 2 amide bonds. The summed E-state index contributed by atoms with van der Waals surface area (Å²) in [5.74, 6) is 0.768. The average molecular weight is 280 g/mol. The molecular weight excluding hydrogens is 252 g/mol. The summed E-state index contributed by atoms with van der Waals surface area (Å²) in [6.45, 7) is 6.27. The highest BCUT2D eigenvalue weighted by Crippen LogP contribution is 2.25. The van der Waals surface area contributed by atoms with Crippen LogP contribution in [-0.4, -0.2) is 34.8 Å². The van der Waals surface area contributed by atoms with Gasteiger partial charge in [-0.25, -0.2) is 0 Å². The van der Waals surface area contributed by atoms with Crippen LogP contribution in [0.15, 0.2) is 0 Å². The fraction of sp³-hybridized carbons (Fsp3) is 0.875. The summed E-state index contributed by atoms with van der Waals surface area (Å²) in [5.41, 5.74) is 0. The van der Waals surface area contributed by atoms with E-state index in [0.717, 1.165) is 25.2 Å². The highest BCUT2D eigenvalue weighted by molar-refractivity contribution is 6.05. The van der Waals surface area contributed by atoms with Gasteiger partial charge in [-0.1, -0.05) is 26.7 Å². The first-order chi connectivity index (χ1) is 9.52. The molecule has 4 nitrogen and oxygen atoms in total. The molecule has 2 aliphatic rings. The van der Waals surface area contributed by atoms with Crippen molar-refractivity contribution in [2.75, 3.05) is 0 Å². The fourth-order valence-electron chi connectivity index (χ4n) is 3.37. The van der Waals surface area contributed by atoms with E-state index in [4.69, 9.17) is 0 Å². The average Bonchev–Trinajstić information content (AvgIpc) is 2.58. The Kier molecular flexibility index (Phi) is 5.19. The predicted molar refractivity (Wildman–Crippen MR) is 79.2 cm³/mol. The number of carbonyl (C=O) groups is 2. The maximum absolute atomic E-state index is 12.4. The van der Waals surface area contributed by atoms with Gasteiger partial charge in [-0.15, -0.1) is 0 Å². The fourth-order valence-corrected chi connectivity index (χ4v) is 3.37. The lowest BCUT2D eigenvalue weighted by Crippen LogP contribution is -2.45. The second-order valence-corrected chi connectivity index (χ2v) is 6.59. The zero-order valence-electron chi connectivity index (χ0n) is 13.0. The maximum Gasteiger partial charge on any atom is 0.247 e. The number of carbonyl (C=O) groups excluding carboxylic acids is 2. The first-order valence-electron chi connectivity index (χ1n) is 8.14. The number of imide groups is 1. The Balaban J connectivity index is 1.93. The molecule has 1 saturated heterocycles. The molecule has 0 aromatic carbocycles. The van der Waals surface area contributed by atoms with E-state index in [2.05, 4.69) is 12.2 Å². The molecule has 1 aliphatic carbocycles. The van der Waals surface area contributed by atoms with Crippen LogP contribution in [0.2, 0.25) is 0 Å². The summed E-state index contributed by atoms with van der Waals surface area (Å²) < 4.78 is 0. The summed E-state index contributed by atoms with van der Waals surface area (Å²) >= 11 is 0. The van der Waals surface area contributed by atoms with E-state index in [0.29, 0.717) is 12.5 Å². The van der Waals surface area contributed by atoms with Gasteiger partial charge in [-0.05, 0) is 38.5 Å². The monoisotopic (exact) mass is 280 g/mol. The standard InChI is InChI=1S/C16H28N2O2/c1-4-12(3)18-15(19)10-14(16(18)20)17-13-7-5-6-11(2)8-9-13/h11-14,17H,4-10H2,1-3H3. The third-order valence-corrected chi connectivity index (χ3v) is 4.91. The van der Waals surface area contributed by atoms with Crippen molar-refractivity contribution in [2.45, 2.75) is 83.8 Å². The van der Waals surface area contributed by atoms with Crippen molar-refractivity contribution >= 4 is 11.8 Å². The number of nitrogens with one attached hydrogen (secondary N) is 1. The molecule has 4 unspecified atom stereocenters. The molecule has 2 fully saturated rings. The molecule has 20 heavy (non-hydrogen) atoms. The molecule has 0 bridgehead atoms. The lowest BCUT2D eigenvalue weighted by atomic mass is 10.0. The largest absolute Gasteiger partial charge is 0.303 e. The van der Waals surface area contributed by atoms with Crippen LogP contribution in [0.3, 0.4) is 0 Å². The Bertz CT molecular complexity index is 369. The van der Waals surface area contributed by atoms with Crippen LogP contribution in [0.1, 0.15) is 65.7 Å². The lowest BCUT2D eigenvalue weighted by Gasteiger charge is -2.23. The number of amides is 2. The van der Waals surface area contributed by atoms with Crippen molar-refractivity contribution in [1.82, 2.24) is 10.2 Å². The van der Waals surface area contributed by atoms with Crippen LogP contribution in [0.25, 0.3) is 0 Å². The normalized spacial score (nSPS) is 33.4. The van der Waals surface area contributed by atoms with E-state index in [1.54, 1.807) is 0 Å². The Hall–Kier alpha value is -0.900. The quantitative estimate of drug-likeness (QED) is 0.636. The minimum Gasteiger partial charge on any atom is -0.303 e. The molecule has 2 rings (SSSR count). The zero-order valence-corrected chi connectivity index (χ0v) is 13.0. The molecule has 4 heteroatoms. The maximum atomic E-state index is 12.4. The molecule has 1 N–H and O–H groups in total. The van der Waals surface area contributed by atoms with Crippen molar-refractivity contribution in [1.29, 1.82) is 0 Å². The Labute approximate surface area is 122 Å². The van der Waals surface area contributed by atoms with E-state index in [-0.39, 0.29) is 23.9 Å². The van der Waals surface area contributed by atoms with Gasteiger partial charge in [0.05, 0.1) is 12.5 Å². The van der Waals surface area contributed by atoms with Crippen molar-refractivity contribution in [3.05, 3.63) is 0 Å². The van der Waals surface area contributed by atoms with Gasteiger partial charge in [0, 0.05) is 12.1 Å². The first kappa shape index (κ1) is 15.5. The Morgan fingerprint density at radius 3 is 2.70 bits per heavy atom. The summed E-state index contributed by atoms with van der Waals surface area (Å²) in [5, 5.41) is 3.46. The number of nitrogens with zero attached hydrogens (tertiary/aromatic N) is 1. The molecule has 114 valence electrons. The molecule has 0 aromatic rings. The molecule has 0 aromatic heterocycles. The van der Waals surface area contributed by atoms with E-state index < -0.39 is 0 Å². The van der Waals surface area contributed by atoms with Gasteiger partial charge < -0.3 is 5.32 Å². The third kappa shape index (κ3) is 3.40. The van der Waals surface area contributed by atoms with E-state index in [1.807, 2.05) is 13.8 Å². The van der Waals surface area contributed by atoms with Crippen molar-refractivity contribution in [2.24, 2.45) is 5.92 Å². The molecule has 1 saturated carbocycles. The van der Waals surface area contributed by atoms with Crippen LogP contribution >= 0.6 is 0 Å². The number of hydrogen-bond donors (Lipinski definition) is 1. The number of likely N-dealkylation sites (tertiary alicyclic amines) is 1. The van der Waals surface area contributed by atoms with Crippen molar-refractivity contribution in [3.63, 3.8) is 0 Å². The SMILES string of the molecule is CCC(C)N1C(=O)CC(NC2CCCC(C)CC2)C1=O. The molecule has 1 aliphatic heterocycles. The van der Waals surface area contributed by atoms with Crippen LogP contribution in [-0.2, 0) is 9.59 Å². The van der Waals surface area contributed by atoms with Gasteiger partial charge in [-0.2, -0.15) is 0 Å². The minimum atomic E-state index is -0.282. The van der Waals surface area contributed by atoms with E-state index in [1.165, 1.54) is 24.2 Å². The summed E-state index contributed by atoms with van der Waals surface area (Å²) in [7, 11) is 0. The van der Waals surface area contributed by atoms with Gasteiger partial charge in [-0.3, -0.25) is 14.5 Å². The predicted octanol–water partition coefficient (Wildman–Crippen LogP) is 2.47. The van der Waals surface area contributed by atoms with Crippen LogP contribution in [0.5, 0.6) is 0 Å². The highest BCUT2D eigenvalue weighted by Gasteiger charge is 2.41. The van der Waals surface area contributed by atoms with Gasteiger partial charge in [0.15, 0.2) is 0 Å². The molecule has 0 radical (unpaired) electrons. The van der Waals surface area contributed by atoms with Crippen molar-refractivity contribution in [3.8, 4) is 0 Å². The van der Waals surface area contributed by atoms with Gasteiger partial charge >= 0.3 is 0 Å². The minimum absolute atomic E-state index is 0.0103. The molecule has 4 atom stereocenters. The lowest BCUT2D eigenvalue weighted by molar-refractivity contribution is -0.141. The van der Waals surface area contributed by atoms with E-state index >= 15 is 0 Å². The Morgan fingerprint density at radius 2 is 2.00 bits per heavy atom. The van der Waals surface area contributed by atoms with E-state index in [9.17, 15) is 9.59 Å². The molecule has 1 heterocycles. The summed E-state index contributed by atoms with van der Waals surface area (Å²) in [4.78, 5) is 25.9. The van der Waals surface area contributed by atoms with Gasteiger partial charge in [0.1, 0.15) is 0 Å². The third-order valence-electron chi connectivity index (χ3n) is 4.91. The topological polar surface area (TPSA) is 49.4 Å². The van der Waals surface area contributed by atoms with Gasteiger partial charge in [0.25, 0.3) is 0 Å². The number of rotatable bonds is 4. The van der Waals surface area contributed by atoms with Crippen LogP contribution in [0.4, 0.5) is 0 Å². The van der Waals surface area contributed by atoms with Crippen LogP contribution in [0, 0.1) is 5.92 Å². The second-order valence-electron chi connectivity index (χ2n) is 6.59. The molecule has 0 spiro atoms. The smallest absolute Gasteiger partial charge is 0.247 e. The van der Waals surface area contributed by atoms with Crippen LogP contribution < -0.4 is 5.32 Å². The molecular formula is C16H28N2O2. The van der Waals surface area contributed by atoms with Gasteiger partial charge in [0.2, 0.25) is 11.8 Å². The first-order valence-corrected chi connectivity index (χ1v) is 8.14.